The molecule has 3 aromatic heterocycles. The minimum atomic E-state index is 0.366. The maximum absolute atomic E-state index is 6.11. The first-order valence-corrected chi connectivity index (χ1v) is 9.17. The number of nitrogens with zero attached hydrogens (tertiary/aromatic N) is 5. The zero-order valence-electron chi connectivity index (χ0n) is 15.9. The Morgan fingerprint density at radius 2 is 1.76 bits per heavy atom. The molecule has 0 spiro atoms. The van der Waals surface area contributed by atoms with Crippen LogP contribution in [0.15, 0.2) is 61.4 Å². The molecule has 0 atom stereocenters. The monoisotopic (exact) mass is 389 g/mol. The SMILES string of the molecule is NNc1nc(N)cc(Cc2cnn(Cc3ccc(Cn4ccnc4)cc3)c2)c1N. The fourth-order valence-corrected chi connectivity index (χ4v) is 3.22. The van der Waals surface area contributed by atoms with Gasteiger partial charge in [-0.3, -0.25) is 4.68 Å². The lowest BCUT2D eigenvalue weighted by Crippen LogP contribution is -2.13. The topological polar surface area (TPSA) is 139 Å². The van der Waals surface area contributed by atoms with Gasteiger partial charge in [-0.15, -0.1) is 0 Å². The maximum atomic E-state index is 6.11. The summed E-state index contributed by atoms with van der Waals surface area (Å²) < 4.78 is 3.95. The molecule has 1 aromatic carbocycles. The van der Waals surface area contributed by atoms with E-state index < -0.39 is 0 Å². The lowest BCUT2D eigenvalue weighted by atomic mass is 10.1. The molecule has 9 nitrogen and oxygen atoms in total. The molecule has 0 saturated carbocycles. The minimum Gasteiger partial charge on any atom is -0.395 e. The number of pyridine rings is 1. The fraction of sp³-hybridized carbons (Fsp3) is 0.150. The van der Waals surface area contributed by atoms with Crippen molar-refractivity contribution in [3.05, 3.63) is 83.7 Å². The van der Waals surface area contributed by atoms with Gasteiger partial charge < -0.3 is 21.5 Å². The van der Waals surface area contributed by atoms with Crippen molar-refractivity contribution in [2.24, 2.45) is 5.84 Å². The van der Waals surface area contributed by atoms with Gasteiger partial charge in [0.25, 0.3) is 0 Å². The molecule has 9 heteroatoms. The van der Waals surface area contributed by atoms with E-state index in [4.69, 9.17) is 17.3 Å². The Bertz CT molecular complexity index is 1080. The predicted molar refractivity (Wildman–Crippen MR) is 113 cm³/mol. The summed E-state index contributed by atoms with van der Waals surface area (Å²) in [6.07, 6.45) is 9.98. The van der Waals surface area contributed by atoms with Crippen molar-refractivity contribution in [1.82, 2.24) is 24.3 Å². The van der Waals surface area contributed by atoms with Gasteiger partial charge in [0.05, 0.1) is 24.8 Å². The highest BCUT2D eigenvalue weighted by Gasteiger charge is 2.10. The van der Waals surface area contributed by atoms with Gasteiger partial charge in [-0.25, -0.2) is 15.8 Å². The van der Waals surface area contributed by atoms with E-state index in [1.807, 2.05) is 34.2 Å². The molecule has 148 valence electrons. The van der Waals surface area contributed by atoms with Crippen LogP contribution in [0.2, 0.25) is 0 Å². The molecule has 0 radical (unpaired) electrons. The first kappa shape index (κ1) is 18.5. The summed E-state index contributed by atoms with van der Waals surface area (Å²) in [6.45, 7) is 1.50. The normalized spacial score (nSPS) is 10.9. The summed E-state index contributed by atoms with van der Waals surface area (Å²) in [7, 11) is 0. The first-order chi connectivity index (χ1) is 14.1. The zero-order chi connectivity index (χ0) is 20.2. The van der Waals surface area contributed by atoms with Crippen molar-refractivity contribution in [2.45, 2.75) is 19.5 Å². The van der Waals surface area contributed by atoms with E-state index >= 15 is 0 Å². The Kier molecular flexibility index (Phi) is 5.12. The Morgan fingerprint density at radius 3 is 2.45 bits per heavy atom. The third-order valence-electron chi connectivity index (χ3n) is 4.67. The quantitative estimate of drug-likeness (QED) is 0.278. The number of aromatic nitrogens is 5. The minimum absolute atomic E-state index is 0.366. The molecule has 0 amide bonds. The Balaban J connectivity index is 1.42. The van der Waals surface area contributed by atoms with E-state index in [1.54, 1.807) is 12.3 Å². The highest BCUT2D eigenvalue weighted by molar-refractivity contribution is 5.68. The van der Waals surface area contributed by atoms with Gasteiger partial charge in [-0.05, 0) is 28.3 Å². The zero-order valence-corrected chi connectivity index (χ0v) is 15.9. The van der Waals surface area contributed by atoms with Crippen molar-refractivity contribution < 1.29 is 0 Å². The number of anilines is 3. The Morgan fingerprint density at radius 1 is 1.00 bits per heavy atom. The van der Waals surface area contributed by atoms with Crippen LogP contribution in [0.4, 0.5) is 17.3 Å². The van der Waals surface area contributed by atoms with Gasteiger partial charge in [0.1, 0.15) is 5.82 Å². The molecule has 29 heavy (non-hydrogen) atoms. The average molecular weight is 389 g/mol. The van der Waals surface area contributed by atoms with E-state index in [1.165, 1.54) is 11.1 Å². The van der Waals surface area contributed by atoms with Gasteiger partial charge in [0.2, 0.25) is 0 Å². The average Bonchev–Trinajstić information content (AvgIpc) is 3.38. The Hall–Kier alpha value is -3.85. The lowest BCUT2D eigenvalue weighted by Gasteiger charge is -2.10. The summed E-state index contributed by atoms with van der Waals surface area (Å²) in [5.74, 6) is 6.20. The van der Waals surface area contributed by atoms with Crippen LogP contribution < -0.4 is 22.7 Å². The van der Waals surface area contributed by atoms with Gasteiger partial charge in [0, 0.05) is 31.6 Å². The third-order valence-corrected chi connectivity index (χ3v) is 4.67. The van der Waals surface area contributed by atoms with E-state index in [-0.39, 0.29) is 0 Å². The van der Waals surface area contributed by atoms with E-state index in [0.29, 0.717) is 30.3 Å². The van der Waals surface area contributed by atoms with E-state index in [2.05, 4.69) is 44.8 Å². The molecule has 0 aliphatic rings. The molecule has 0 unspecified atom stereocenters. The van der Waals surface area contributed by atoms with Gasteiger partial charge >= 0.3 is 0 Å². The summed E-state index contributed by atoms with van der Waals surface area (Å²) in [5.41, 5.74) is 19.2. The summed E-state index contributed by atoms with van der Waals surface area (Å²) in [6, 6.07) is 10.2. The molecule has 0 aliphatic heterocycles. The van der Waals surface area contributed by atoms with Crippen LogP contribution in [0.1, 0.15) is 22.3 Å². The van der Waals surface area contributed by atoms with Crippen molar-refractivity contribution in [3.8, 4) is 0 Å². The van der Waals surface area contributed by atoms with Crippen LogP contribution in [0.25, 0.3) is 0 Å². The van der Waals surface area contributed by atoms with Crippen molar-refractivity contribution in [2.75, 3.05) is 16.9 Å². The second-order valence-electron chi connectivity index (χ2n) is 6.89. The van der Waals surface area contributed by atoms with Crippen molar-refractivity contribution in [1.29, 1.82) is 0 Å². The van der Waals surface area contributed by atoms with E-state index in [0.717, 1.165) is 17.7 Å². The largest absolute Gasteiger partial charge is 0.395 e. The number of nitrogens with one attached hydrogen (secondary N) is 1. The molecule has 0 aliphatic carbocycles. The number of rotatable bonds is 7. The summed E-state index contributed by atoms with van der Waals surface area (Å²) in [4.78, 5) is 8.14. The van der Waals surface area contributed by atoms with Gasteiger partial charge in [-0.1, -0.05) is 24.3 Å². The predicted octanol–water partition coefficient (Wildman–Crippen LogP) is 1.61. The second-order valence-corrected chi connectivity index (χ2v) is 6.89. The van der Waals surface area contributed by atoms with Crippen molar-refractivity contribution in [3.63, 3.8) is 0 Å². The number of hydrogen-bond acceptors (Lipinski definition) is 7. The van der Waals surface area contributed by atoms with Gasteiger partial charge in [0.15, 0.2) is 5.82 Å². The fourth-order valence-electron chi connectivity index (χ4n) is 3.22. The molecule has 7 N–H and O–H groups in total. The number of hydrogen-bond donors (Lipinski definition) is 4. The molecule has 3 heterocycles. The smallest absolute Gasteiger partial charge is 0.165 e. The molecule has 4 aromatic rings. The number of nitrogen functional groups attached to an aromatic ring is 3. The molecule has 0 fully saturated rings. The highest BCUT2D eigenvalue weighted by atomic mass is 15.3. The molecule has 0 saturated heterocycles. The number of benzene rings is 1. The Labute approximate surface area is 168 Å². The summed E-state index contributed by atoms with van der Waals surface area (Å²) >= 11 is 0. The summed E-state index contributed by atoms with van der Waals surface area (Å²) in [5, 5.41) is 4.46. The standard InChI is InChI=1S/C20H23N9/c21-18-8-17(19(22)20(26-18)27-23)7-16-9-25-29(12-16)11-15-3-1-14(2-4-15)10-28-6-5-24-13-28/h1-6,8-9,12-13H,7,10-11,22-23H2,(H3,21,26,27). The van der Waals surface area contributed by atoms with Crippen LogP contribution >= 0.6 is 0 Å². The molecular formula is C20H23N9. The maximum Gasteiger partial charge on any atom is 0.165 e. The molecular weight excluding hydrogens is 366 g/mol. The van der Waals surface area contributed by atoms with Crippen LogP contribution in [0, 0.1) is 0 Å². The van der Waals surface area contributed by atoms with Crippen LogP contribution in [-0.2, 0) is 19.5 Å². The molecule has 0 bridgehead atoms. The van der Waals surface area contributed by atoms with Crippen molar-refractivity contribution >= 4 is 17.3 Å². The van der Waals surface area contributed by atoms with Crippen LogP contribution in [-0.4, -0.2) is 24.3 Å². The number of imidazole rings is 1. The lowest BCUT2D eigenvalue weighted by molar-refractivity contribution is 0.685. The second kappa shape index (κ2) is 8.03. The van der Waals surface area contributed by atoms with E-state index in [9.17, 15) is 0 Å². The number of hydrazine groups is 1. The van der Waals surface area contributed by atoms with Crippen LogP contribution in [0.3, 0.4) is 0 Å². The number of nitrogens with two attached hydrogens (primary N) is 3. The van der Waals surface area contributed by atoms with Gasteiger partial charge in [-0.2, -0.15) is 5.10 Å². The first-order valence-electron chi connectivity index (χ1n) is 9.17. The third kappa shape index (κ3) is 4.36. The van der Waals surface area contributed by atoms with Crippen LogP contribution in [0.5, 0.6) is 0 Å². The molecule has 4 rings (SSSR count). The highest BCUT2D eigenvalue weighted by Crippen LogP contribution is 2.24.